The van der Waals surface area contributed by atoms with Crippen molar-refractivity contribution in [2.75, 3.05) is 11.5 Å². The highest BCUT2D eigenvalue weighted by Crippen LogP contribution is 2.30. The summed E-state index contributed by atoms with van der Waals surface area (Å²) in [5.41, 5.74) is 13.6. The van der Waals surface area contributed by atoms with E-state index < -0.39 is 0 Å². The third kappa shape index (κ3) is 3.44. The number of aromatic nitrogens is 2. The Morgan fingerprint density at radius 3 is 2.00 bits per heavy atom. The molecule has 0 spiro atoms. The van der Waals surface area contributed by atoms with Crippen molar-refractivity contribution < 1.29 is 0 Å². The number of nitrogen functional groups attached to an aromatic ring is 2. The zero-order valence-electron chi connectivity index (χ0n) is 12.0. The van der Waals surface area contributed by atoms with Crippen LogP contribution in [0.2, 0.25) is 5.02 Å². The Balaban J connectivity index is 1.93. The van der Waals surface area contributed by atoms with Gasteiger partial charge in [-0.3, -0.25) is 0 Å². The Labute approximate surface area is 137 Å². The van der Waals surface area contributed by atoms with Gasteiger partial charge in [-0.1, -0.05) is 41.9 Å². The van der Waals surface area contributed by atoms with E-state index in [1.807, 2.05) is 30.3 Å². The standard InChI is InChI=1S/C16H13ClN6/c17-11-6-8-12(9-7-11)22-23-13-14(18)20-16(21-15(13)19)10-4-2-1-3-5-10/h1-9H,(H4,18,19,20,21). The van der Waals surface area contributed by atoms with E-state index in [0.29, 0.717) is 16.5 Å². The molecule has 0 unspecified atom stereocenters. The maximum absolute atomic E-state index is 5.94. The Hall–Kier alpha value is -2.99. The van der Waals surface area contributed by atoms with Crippen LogP contribution in [0.15, 0.2) is 64.8 Å². The van der Waals surface area contributed by atoms with Gasteiger partial charge in [0.05, 0.1) is 5.69 Å². The predicted molar refractivity (Wildman–Crippen MR) is 91.9 cm³/mol. The summed E-state index contributed by atoms with van der Waals surface area (Å²) in [6, 6.07) is 16.3. The number of hydrogen-bond donors (Lipinski definition) is 2. The summed E-state index contributed by atoms with van der Waals surface area (Å²) in [6.45, 7) is 0. The molecule has 6 nitrogen and oxygen atoms in total. The molecule has 3 rings (SSSR count). The first-order valence-electron chi connectivity index (χ1n) is 6.79. The van der Waals surface area contributed by atoms with Crippen LogP contribution in [0.1, 0.15) is 0 Å². The average Bonchev–Trinajstić information content (AvgIpc) is 2.56. The minimum atomic E-state index is 0.175. The van der Waals surface area contributed by atoms with Crippen LogP contribution < -0.4 is 11.5 Å². The molecule has 1 aromatic heterocycles. The van der Waals surface area contributed by atoms with Crippen LogP contribution >= 0.6 is 11.6 Å². The fourth-order valence-electron chi connectivity index (χ4n) is 1.92. The summed E-state index contributed by atoms with van der Waals surface area (Å²) < 4.78 is 0. The molecule has 0 aliphatic heterocycles. The zero-order chi connectivity index (χ0) is 16.2. The molecule has 0 amide bonds. The van der Waals surface area contributed by atoms with Crippen LogP contribution in [0.5, 0.6) is 0 Å². The van der Waals surface area contributed by atoms with Crippen molar-refractivity contribution in [1.82, 2.24) is 9.97 Å². The van der Waals surface area contributed by atoms with Crippen LogP contribution in [0.3, 0.4) is 0 Å². The van der Waals surface area contributed by atoms with Gasteiger partial charge in [-0.15, -0.1) is 5.11 Å². The van der Waals surface area contributed by atoms with Crippen molar-refractivity contribution in [3.63, 3.8) is 0 Å². The fourth-order valence-corrected chi connectivity index (χ4v) is 2.05. The predicted octanol–water partition coefficient (Wildman–Crippen LogP) is 4.38. The second-order valence-electron chi connectivity index (χ2n) is 4.71. The summed E-state index contributed by atoms with van der Waals surface area (Å²) in [7, 11) is 0. The first-order valence-corrected chi connectivity index (χ1v) is 7.17. The van der Waals surface area contributed by atoms with Crippen molar-refractivity contribution in [3.05, 3.63) is 59.6 Å². The van der Waals surface area contributed by atoms with Gasteiger partial charge in [-0.2, -0.15) is 5.11 Å². The quantitative estimate of drug-likeness (QED) is 0.698. The minimum Gasteiger partial charge on any atom is -0.382 e. The van der Waals surface area contributed by atoms with E-state index in [1.54, 1.807) is 24.3 Å². The smallest absolute Gasteiger partial charge is 0.170 e. The molecule has 0 saturated carbocycles. The number of halogens is 1. The SMILES string of the molecule is Nc1nc(-c2ccccc2)nc(N)c1N=Nc1ccc(Cl)cc1. The first kappa shape index (κ1) is 14.9. The monoisotopic (exact) mass is 324 g/mol. The van der Waals surface area contributed by atoms with E-state index in [9.17, 15) is 0 Å². The van der Waals surface area contributed by atoms with Gasteiger partial charge in [0.1, 0.15) is 0 Å². The molecule has 0 bridgehead atoms. The summed E-state index contributed by atoms with van der Waals surface area (Å²) >= 11 is 5.82. The molecule has 0 fully saturated rings. The molecule has 0 aliphatic rings. The molecule has 4 N–H and O–H groups in total. The number of azo groups is 1. The Morgan fingerprint density at radius 1 is 0.783 bits per heavy atom. The third-order valence-electron chi connectivity index (χ3n) is 3.06. The van der Waals surface area contributed by atoms with Crippen LogP contribution in [0.25, 0.3) is 11.4 Å². The molecule has 114 valence electrons. The molecule has 0 aliphatic carbocycles. The first-order chi connectivity index (χ1) is 11.1. The van der Waals surface area contributed by atoms with E-state index in [-0.39, 0.29) is 17.3 Å². The second-order valence-corrected chi connectivity index (χ2v) is 5.15. The third-order valence-corrected chi connectivity index (χ3v) is 3.31. The number of hydrogen-bond acceptors (Lipinski definition) is 6. The summed E-state index contributed by atoms with van der Waals surface area (Å²) in [6.07, 6.45) is 0. The lowest BCUT2D eigenvalue weighted by Crippen LogP contribution is -2.01. The molecule has 2 aromatic carbocycles. The van der Waals surface area contributed by atoms with Crippen LogP contribution in [-0.4, -0.2) is 9.97 Å². The fraction of sp³-hybridized carbons (Fsp3) is 0. The molecule has 7 heteroatoms. The Morgan fingerprint density at radius 2 is 1.39 bits per heavy atom. The summed E-state index contributed by atoms with van der Waals surface area (Å²) in [5.74, 6) is 0.800. The van der Waals surface area contributed by atoms with Crippen LogP contribution in [0.4, 0.5) is 23.0 Å². The lowest BCUT2D eigenvalue weighted by Gasteiger charge is -2.06. The number of nitrogens with zero attached hydrogens (tertiary/aromatic N) is 4. The topological polar surface area (TPSA) is 103 Å². The Bertz CT molecular complexity index is 823. The number of nitrogens with two attached hydrogens (primary N) is 2. The normalized spacial score (nSPS) is 11.0. The van der Waals surface area contributed by atoms with E-state index in [4.69, 9.17) is 23.1 Å². The lowest BCUT2D eigenvalue weighted by molar-refractivity contribution is 1.14. The van der Waals surface area contributed by atoms with E-state index in [0.717, 1.165) is 5.56 Å². The van der Waals surface area contributed by atoms with Gasteiger partial charge in [-0.05, 0) is 24.3 Å². The Kier molecular flexibility index (Phi) is 4.16. The maximum Gasteiger partial charge on any atom is 0.170 e. The van der Waals surface area contributed by atoms with E-state index >= 15 is 0 Å². The van der Waals surface area contributed by atoms with Gasteiger partial charge >= 0.3 is 0 Å². The van der Waals surface area contributed by atoms with Gasteiger partial charge < -0.3 is 11.5 Å². The average molecular weight is 325 g/mol. The van der Waals surface area contributed by atoms with Gasteiger partial charge in [0, 0.05) is 10.6 Å². The van der Waals surface area contributed by atoms with Crippen molar-refractivity contribution >= 4 is 34.6 Å². The minimum absolute atomic E-state index is 0.175. The molecule has 3 aromatic rings. The van der Waals surface area contributed by atoms with Crippen molar-refractivity contribution in [3.8, 4) is 11.4 Å². The zero-order valence-corrected chi connectivity index (χ0v) is 12.8. The lowest BCUT2D eigenvalue weighted by atomic mass is 10.2. The van der Waals surface area contributed by atoms with Crippen molar-refractivity contribution in [2.24, 2.45) is 10.2 Å². The second kappa shape index (κ2) is 6.41. The molecule has 0 atom stereocenters. The van der Waals surface area contributed by atoms with Gasteiger partial charge in [0.2, 0.25) is 0 Å². The summed E-state index contributed by atoms with van der Waals surface area (Å²) in [5, 5.41) is 8.74. The molecule has 0 saturated heterocycles. The molecular formula is C16H13ClN6. The molecular weight excluding hydrogens is 312 g/mol. The van der Waals surface area contributed by atoms with Gasteiger partial charge in [-0.25, -0.2) is 9.97 Å². The number of benzene rings is 2. The van der Waals surface area contributed by atoms with Gasteiger partial charge in [0.25, 0.3) is 0 Å². The molecule has 23 heavy (non-hydrogen) atoms. The highest BCUT2D eigenvalue weighted by Gasteiger charge is 2.11. The van der Waals surface area contributed by atoms with Crippen LogP contribution in [-0.2, 0) is 0 Å². The van der Waals surface area contributed by atoms with Crippen LogP contribution in [0, 0.1) is 0 Å². The van der Waals surface area contributed by atoms with E-state index in [2.05, 4.69) is 20.2 Å². The highest BCUT2D eigenvalue weighted by atomic mass is 35.5. The highest BCUT2D eigenvalue weighted by molar-refractivity contribution is 6.30. The van der Waals surface area contributed by atoms with Crippen molar-refractivity contribution in [1.29, 1.82) is 0 Å². The maximum atomic E-state index is 5.94. The largest absolute Gasteiger partial charge is 0.382 e. The molecule has 0 radical (unpaired) electrons. The van der Waals surface area contributed by atoms with Crippen molar-refractivity contribution in [2.45, 2.75) is 0 Å². The summed E-state index contributed by atoms with van der Waals surface area (Å²) in [4.78, 5) is 8.48. The number of rotatable bonds is 3. The number of anilines is 2. The molecule has 1 heterocycles. The van der Waals surface area contributed by atoms with Gasteiger partial charge in [0.15, 0.2) is 23.1 Å². The van der Waals surface area contributed by atoms with E-state index in [1.165, 1.54) is 0 Å².